The van der Waals surface area contributed by atoms with Gasteiger partial charge < -0.3 is 23.7 Å². The molecule has 0 radical (unpaired) electrons. The molecule has 0 unspecified atom stereocenters. The molecule has 0 bridgehead atoms. The lowest BCUT2D eigenvalue weighted by Gasteiger charge is -2.22. The Bertz CT molecular complexity index is 4360. The van der Waals surface area contributed by atoms with E-state index in [9.17, 15) is 0 Å². The molecule has 15 rings (SSSR count). The molecule has 0 N–H and O–H groups in total. The van der Waals surface area contributed by atoms with E-state index < -0.39 is 0 Å². The van der Waals surface area contributed by atoms with Crippen LogP contribution in [0.3, 0.4) is 0 Å². The lowest BCUT2D eigenvalue weighted by atomic mass is 9.98. The number of hydrogen-bond donors (Lipinski definition) is 0. The first kappa shape index (κ1) is 42.8. The average molecular weight is 965 g/mol. The fourth-order valence-corrected chi connectivity index (χ4v) is 12.0. The van der Waals surface area contributed by atoms with E-state index in [2.05, 4.69) is 274 Å². The molecule has 0 saturated carbocycles. The molecule has 10 aromatic carbocycles. The van der Waals surface area contributed by atoms with Crippen molar-refractivity contribution in [3.63, 3.8) is 0 Å². The van der Waals surface area contributed by atoms with E-state index in [1.165, 1.54) is 38.5 Å². The molecule has 0 aliphatic carbocycles. The van der Waals surface area contributed by atoms with Crippen LogP contribution in [0.4, 0.5) is 22.7 Å². The van der Waals surface area contributed by atoms with Gasteiger partial charge in [-0.25, -0.2) is 4.98 Å². The summed E-state index contributed by atoms with van der Waals surface area (Å²) in [7, 11) is 0. The van der Waals surface area contributed by atoms with Gasteiger partial charge in [0.25, 0.3) is 0 Å². The quantitative estimate of drug-likeness (QED) is 0.152. The molecule has 356 valence electrons. The predicted octanol–water partition coefficient (Wildman–Crippen LogP) is 17.7. The van der Waals surface area contributed by atoms with Crippen LogP contribution in [0.15, 0.2) is 243 Å². The SMILES string of the molecule is Cc1ccc(N2CN(c3cccc(Oc4ccc5c6ccccc6n(-c6cc(C)c(-c7c(-n8c9ccccc9c9ccccc98)cccc7-n7c8ccccc8c8ccccc87)cn6)c5c4)c3)c3ccccc32)cc1. The first-order valence-corrected chi connectivity index (χ1v) is 25.6. The van der Waals surface area contributed by atoms with Crippen LogP contribution in [0, 0.1) is 13.8 Å². The number of fused-ring (bicyclic) bond motifs is 10. The normalized spacial score (nSPS) is 12.6. The maximum Gasteiger partial charge on any atom is 0.137 e. The number of rotatable bonds is 8. The van der Waals surface area contributed by atoms with Crippen molar-refractivity contribution in [1.29, 1.82) is 0 Å². The second-order valence-corrected chi connectivity index (χ2v) is 19.7. The standard InChI is InChI=1S/C68H48N6O/c1-44-33-35-46(36-34-44)70-43-71(63-30-14-13-29-62(63)70)47-17-15-18-48(40-47)75-49-37-38-55-54-23-7-12-28-61(54)74(66(55)41-49)67-39-45(2)56(42-69-67)68-64(72-57-24-8-3-19-50(57)51-20-4-9-25-58(51)72)31-16-32-65(68)73-59-26-10-5-21-52(59)53-22-6-11-27-60(53)73/h3-42H,43H2,1-2H3. The molecule has 1 aliphatic heterocycles. The highest BCUT2D eigenvalue weighted by atomic mass is 16.5. The minimum absolute atomic E-state index is 0.691. The second kappa shape index (κ2) is 16.9. The number of anilines is 4. The largest absolute Gasteiger partial charge is 0.457 e. The lowest BCUT2D eigenvalue weighted by molar-refractivity contribution is 0.483. The highest BCUT2D eigenvalue weighted by Crippen LogP contribution is 2.47. The van der Waals surface area contributed by atoms with Crippen molar-refractivity contribution in [2.45, 2.75) is 13.8 Å². The van der Waals surface area contributed by atoms with Crippen LogP contribution in [0.2, 0.25) is 0 Å². The number of aryl methyl sites for hydroxylation is 2. The van der Waals surface area contributed by atoms with Gasteiger partial charge in [-0.15, -0.1) is 0 Å². The third-order valence-electron chi connectivity index (χ3n) is 15.4. The molecule has 4 aromatic heterocycles. The molecule has 0 spiro atoms. The average Bonchev–Trinajstić information content (AvgIpc) is 4.22. The third kappa shape index (κ3) is 6.71. The van der Waals surface area contributed by atoms with Crippen LogP contribution < -0.4 is 14.5 Å². The molecule has 7 heteroatoms. The van der Waals surface area contributed by atoms with Crippen molar-refractivity contribution in [2.24, 2.45) is 0 Å². The summed E-state index contributed by atoms with van der Waals surface area (Å²) in [6.45, 7) is 5.05. The summed E-state index contributed by atoms with van der Waals surface area (Å²) in [4.78, 5) is 10.2. The van der Waals surface area contributed by atoms with Gasteiger partial charge in [0.2, 0.25) is 0 Å². The monoisotopic (exact) mass is 964 g/mol. The van der Waals surface area contributed by atoms with Gasteiger partial charge in [-0.3, -0.25) is 4.57 Å². The Morgan fingerprint density at radius 2 is 0.813 bits per heavy atom. The number of nitrogens with zero attached hydrogens (tertiary/aromatic N) is 6. The summed E-state index contributed by atoms with van der Waals surface area (Å²) in [5.41, 5.74) is 18.0. The molecular weight excluding hydrogens is 917 g/mol. The van der Waals surface area contributed by atoms with Gasteiger partial charge in [0.1, 0.15) is 24.0 Å². The number of benzene rings is 10. The van der Waals surface area contributed by atoms with Crippen LogP contribution in [-0.4, -0.2) is 25.4 Å². The van der Waals surface area contributed by atoms with Gasteiger partial charge in [0.15, 0.2) is 0 Å². The van der Waals surface area contributed by atoms with Gasteiger partial charge >= 0.3 is 0 Å². The van der Waals surface area contributed by atoms with E-state index in [1.54, 1.807) is 0 Å². The summed E-state index contributed by atoms with van der Waals surface area (Å²) in [5.74, 6) is 2.34. The molecule has 0 saturated heterocycles. The van der Waals surface area contributed by atoms with Crippen molar-refractivity contribution in [1.82, 2.24) is 18.7 Å². The fraction of sp³-hybridized carbons (Fsp3) is 0.0441. The van der Waals surface area contributed by atoms with E-state index in [0.717, 1.165) is 101 Å². The van der Waals surface area contributed by atoms with Crippen LogP contribution in [0.25, 0.3) is 93.7 Å². The molecule has 14 aromatic rings. The highest BCUT2D eigenvalue weighted by molar-refractivity contribution is 6.13. The minimum Gasteiger partial charge on any atom is -0.457 e. The zero-order valence-electron chi connectivity index (χ0n) is 41.4. The molecule has 5 heterocycles. The van der Waals surface area contributed by atoms with Gasteiger partial charge in [0.05, 0.1) is 55.8 Å². The maximum absolute atomic E-state index is 6.83. The van der Waals surface area contributed by atoms with Gasteiger partial charge in [-0.05, 0) is 116 Å². The van der Waals surface area contributed by atoms with Crippen molar-refractivity contribution in [3.8, 4) is 39.8 Å². The Morgan fingerprint density at radius 1 is 0.360 bits per heavy atom. The zero-order chi connectivity index (χ0) is 49.7. The number of hydrogen-bond acceptors (Lipinski definition) is 4. The van der Waals surface area contributed by atoms with Gasteiger partial charge in [-0.1, -0.05) is 133 Å². The molecule has 0 atom stereocenters. The molecule has 0 amide bonds. The van der Waals surface area contributed by atoms with Crippen LogP contribution >= 0.6 is 0 Å². The summed E-state index contributed by atoms with van der Waals surface area (Å²) >= 11 is 0. The predicted molar refractivity (Wildman–Crippen MR) is 311 cm³/mol. The Kier molecular flexibility index (Phi) is 9.63. The van der Waals surface area contributed by atoms with Crippen molar-refractivity contribution in [2.75, 3.05) is 16.5 Å². The van der Waals surface area contributed by atoms with E-state index in [1.807, 2.05) is 6.07 Å². The number of ether oxygens (including phenoxy) is 1. The van der Waals surface area contributed by atoms with E-state index in [0.29, 0.717) is 6.67 Å². The highest BCUT2D eigenvalue weighted by Gasteiger charge is 2.29. The molecule has 1 aliphatic rings. The fourth-order valence-electron chi connectivity index (χ4n) is 12.0. The first-order chi connectivity index (χ1) is 37.0. The first-order valence-electron chi connectivity index (χ1n) is 25.6. The minimum atomic E-state index is 0.691. The number of pyridine rings is 1. The second-order valence-electron chi connectivity index (χ2n) is 19.7. The van der Waals surface area contributed by atoms with Gasteiger partial charge in [-0.2, -0.15) is 0 Å². The Morgan fingerprint density at radius 3 is 1.36 bits per heavy atom. The summed E-state index contributed by atoms with van der Waals surface area (Å²) < 4.78 is 14.0. The topological polar surface area (TPSA) is 43.4 Å². The Labute approximate surface area is 433 Å². The van der Waals surface area contributed by atoms with Crippen LogP contribution in [-0.2, 0) is 0 Å². The Hall–Kier alpha value is -9.85. The van der Waals surface area contributed by atoms with Crippen molar-refractivity contribution < 1.29 is 4.74 Å². The zero-order valence-corrected chi connectivity index (χ0v) is 41.4. The van der Waals surface area contributed by atoms with Crippen LogP contribution in [0.5, 0.6) is 11.5 Å². The molecular formula is C68H48N6O. The smallest absolute Gasteiger partial charge is 0.137 e. The van der Waals surface area contributed by atoms with Crippen molar-refractivity contribution >= 4 is 88.2 Å². The van der Waals surface area contributed by atoms with Gasteiger partial charge in [0, 0.05) is 73.1 Å². The number of aromatic nitrogens is 4. The third-order valence-corrected chi connectivity index (χ3v) is 15.4. The Balaban J connectivity index is 0.865. The van der Waals surface area contributed by atoms with E-state index >= 15 is 0 Å². The molecule has 75 heavy (non-hydrogen) atoms. The van der Waals surface area contributed by atoms with Crippen molar-refractivity contribution in [3.05, 3.63) is 254 Å². The van der Waals surface area contributed by atoms with E-state index in [-0.39, 0.29) is 0 Å². The lowest BCUT2D eigenvalue weighted by Crippen LogP contribution is -2.23. The number of para-hydroxylation sites is 7. The van der Waals surface area contributed by atoms with E-state index in [4.69, 9.17) is 9.72 Å². The summed E-state index contributed by atoms with van der Waals surface area (Å²) in [6, 6.07) is 84.9. The maximum atomic E-state index is 6.83. The summed E-state index contributed by atoms with van der Waals surface area (Å²) in [6.07, 6.45) is 2.09. The summed E-state index contributed by atoms with van der Waals surface area (Å²) in [5, 5.41) is 7.16. The van der Waals surface area contributed by atoms with Crippen LogP contribution in [0.1, 0.15) is 11.1 Å². The molecule has 7 nitrogen and oxygen atoms in total. The molecule has 0 fully saturated rings.